The predicted molar refractivity (Wildman–Crippen MR) is 73.8 cm³/mol. The number of anilines is 1. The third kappa shape index (κ3) is 2.35. The molecular formula is C14H14N4O. The van der Waals surface area contributed by atoms with Gasteiger partial charge in [0.2, 0.25) is 0 Å². The van der Waals surface area contributed by atoms with Gasteiger partial charge >= 0.3 is 0 Å². The minimum atomic E-state index is 0.375. The molecule has 0 saturated heterocycles. The average Bonchev–Trinajstić information content (AvgIpc) is 2.83. The molecule has 0 aliphatic rings. The summed E-state index contributed by atoms with van der Waals surface area (Å²) in [7, 11) is 0. The van der Waals surface area contributed by atoms with E-state index in [0.29, 0.717) is 6.61 Å². The summed E-state index contributed by atoms with van der Waals surface area (Å²) in [5.41, 5.74) is 9.13. The third-order valence-corrected chi connectivity index (χ3v) is 2.91. The third-order valence-electron chi connectivity index (χ3n) is 2.91. The molecule has 5 nitrogen and oxygen atoms in total. The van der Waals surface area contributed by atoms with Crippen molar-refractivity contribution in [1.29, 1.82) is 0 Å². The number of nitrogens with zero attached hydrogens (tertiary/aromatic N) is 2. The van der Waals surface area contributed by atoms with E-state index in [4.69, 9.17) is 10.5 Å². The molecule has 0 aliphatic carbocycles. The Morgan fingerprint density at radius 1 is 1.21 bits per heavy atom. The first-order valence-corrected chi connectivity index (χ1v) is 6.01. The topological polar surface area (TPSA) is 76.8 Å². The first-order chi connectivity index (χ1) is 9.22. The molecule has 0 saturated carbocycles. The normalized spacial score (nSPS) is 10.8. The van der Waals surface area contributed by atoms with E-state index in [1.165, 1.54) is 0 Å². The fourth-order valence-electron chi connectivity index (χ4n) is 1.87. The number of H-pyrrole nitrogens is 1. The lowest BCUT2D eigenvalue weighted by Gasteiger charge is -2.03. The highest BCUT2D eigenvalue weighted by Crippen LogP contribution is 2.16. The van der Waals surface area contributed by atoms with Crippen molar-refractivity contribution in [1.82, 2.24) is 15.0 Å². The molecule has 1 aromatic carbocycles. The zero-order chi connectivity index (χ0) is 13.2. The van der Waals surface area contributed by atoms with Crippen molar-refractivity contribution in [3.8, 4) is 5.75 Å². The summed E-state index contributed by atoms with van der Waals surface area (Å²) < 4.78 is 5.64. The van der Waals surface area contributed by atoms with Crippen LogP contribution in [0.3, 0.4) is 0 Å². The second-order valence-electron chi connectivity index (χ2n) is 4.37. The zero-order valence-electron chi connectivity index (χ0n) is 10.6. The van der Waals surface area contributed by atoms with Crippen LogP contribution >= 0.6 is 0 Å². The smallest absolute Gasteiger partial charge is 0.178 e. The minimum absolute atomic E-state index is 0.375. The van der Waals surface area contributed by atoms with Crippen molar-refractivity contribution >= 4 is 16.9 Å². The van der Waals surface area contributed by atoms with Crippen molar-refractivity contribution < 1.29 is 4.74 Å². The summed E-state index contributed by atoms with van der Waals surface area (Å²) in [5.74, 6) is 1.52. The number of benzene rings is 1. The Morgan fingerprint density at radius 3 is 2.74 bits per heavy atom. The van der Waals surface area contributed by atoms with Crippen molar-refractivity contribution in [2.24, 2.45) is 0 Å². The number of nitrogens with one attached hydrogen (secondary N) is 1. The van der Waals surface area contributed by atoms with E-state index in [0.717, 1.165) is 34.0 Å². The van der Waals surface area contributed by atoms with Crippen molar-refractivity contribution in [3.05, 3.63) is 47.9 Å². The summed E-state index contributed by atoms with van der Waals surface area (Å²) in [6, 6.07) is 9.23. The van der Waals surface area contributed by atoms with E-state index in [-0.39, 0.29) is 0 Å². The van der Waals surface area contributed by atoms with Crippen LogP contribution in [0, 0.1) is 6.92 Å². The van der Waals surface area contributed by atoms with Gasteiger partial charge in [-0.3, -0.25) is 0 Å². The van der Waals surface area contributed by atoms with E-state index in [1.54, 1.807) is 18.3 Å². The number of imidazole rings is 1. The minimum Gasteiger partial charge on any atom is -0.486 e. The van der Waals surface area contributed by atoms with Gasteiger partial charge in [-0.15, -0.1) is 0 Å². The fourth-order valence-corrected chi connectivity index (χ4v) is 1.87. The maximum Gasteiger partial charge on any atom is 0.178 e. The molecule has 5 heteroatoms. The molecule has 0 radical (unpaired) electrons. The maximum atomic E-state index is 5.64. The van der Waals surface area contributed by atoms with Crippen LogP contribution in [-0.4, -0.2) is 15.0 Å². The lowest BCUT2D eigenvalue weighted by Crippen LogP contribution is -1.97. The number of ether oxygens (including phenoxy) is 1. The Morgan fingerprint density at radius 2 is 2.00 bits per heavy atom. The summed E-state index contributed by atoms with van der Waals surface area (Å²) >= 11 is 0. The number of rotatable bonds is 3. The van der Waals surface area contributed by atoms with Gasteiger partial charge in [0.15, 0.2) is 5.65 Å². The molecule has 0 spiro atoms. The van der Waals surface area contributed by atoms with E-state index < -0.39 is 0 Å². The van der Waals surface area contributed by atoms with Crippen molar-refractivity contribution in [2.75, 3.05) is 5.73 Å². The van der Waals surface area contributed by atoms with E-state index in [2.05, 4.69) is 15.0 Å². The van der Waals surface area contributed by atoms with Gasteiger partial charge in [0.25, 0.3) is 0 Å². The fraction of sp³-hybridized carbons (Fsp3) is 0.143. The quantitative estimate of drug-likeness (QED) is 0.704. The molecule has 96 valence electrons. The monoisotopic (exact) mass is 254 g/mol. The van der Waals surface area contributed by atoms with Crippen LogP contribution in [0.4, 0.5) is 5.69 Å². The molecule has 3 aromatic rings. The van der Waals surface area contributed by atoms with Crippen molar-refractivity contribution in [3.63, 3.8) is 0 Å². The summed E-state index contributed by atoms with van der Waals surface area (Å²) in [6.07, 6.45) is 1.75. The summed E-state index contributed by atoms with van der Waals surface area (Å²) in [6.45, 7) is 2.40. The molecule has 0 fully saturated rings. The highest BCUT2D eigenvalue weighted by molar-refractivity contribution is 5.74. The van der Waals surface area contributed by atoms with Crippen LogP contribution in [0.5, 0.6) is 5.75 Å². The van der Waals surface area contributed by atoms with Gasteiger partial charge in [-0.1, -0.05) is 0 Å². The van der Waals surface area contributed by atoms with Crippen LogP contribution in [0.2, 0.25) is 0 Å². The Bertz CT molecular complexity index is 703. The predicted octanol–water partition coefficient (Wildman–Crippen LogP) is 2.43. The molecule has 2 aromatic heterocycles. The maximum absolute atomic E-state index is 5.64. The highest BCUT2D eigenvalue weighted by Gasteiger charge is 2.06. The van der Waals surface area contributed by atoms with Crippen LogP contribution in [0.1, 0.15) is 11.4 Å². The van der Waals surface area contributed by atoms with Gasteiger partial charge in [0.05, 0.1) is 5.52 Å². The zero-order valence-corrected chi connectivity index (χ0v) is 10.6. The van der Waals surface area contributed by atoms with E-state index in [1.807, 2.05) is 25.1 Å². The average molecular weight is 254 g/mol. The number of pyridine rings is 1. The Hall–Kier alpha value is -2.56. The highest BCUT2D eigenvalue weighted by atomic mass is 16.5. The Labute approximate surface area is 110 Å². The number of nitrogens with two attached hydrogens (primary N) is 1. The lowest BCUT2D eigenvalue weighted by molar-refractivity contribution is 0.297. The lowest BCUT2D eigenvalue weighted by atomic mass is 10.3. The van der Waals surface area contributed by atoms with Gasteiger partial charge in [0.1, 0.15) is 18.2 Å². The van der Waals surface area contributed by atoms with Crippen LogP contribution in [-0.2, 0) is 6.61 Å². The summed E-state index contributed by atoms with van der Waals surface area (Å²) in [4.78, 5) is 11.8. The number of hydrogen-bond donors (Lipinski definition) is 2. The molecule has 0 aliphatic heterocycles. The van der Waals surface area contributed by atoms with Crippen LogP contribution < -0.4 is 10.5 Å². The molecule has 3 N–H and O–H groups in total. The largest absolute Gasteiger partial charge is 0.486 e. The SMILES string of the molecule is Cc1ccnc2nc(COc3ccc(N)cc3)[nH]c12. The van der Waals surface area contributed by atoms with Gasteiger partial charge < -0.3 is 15.5 Å². The molecule has 0 unspecified atom stereocenters. The van der Waals surface area contributed by atoms with Crippen LogP contribution in [0.25, 0.3) is 11.2 Å². The van der Waals surface area contributed by atoms with Gasteiger partial charge in [-0.25, -0.2) is 9.97 Å². The van der Waals surface area contributed by atoms with Gasteiger partial charge in [0, 0.05) is 11.9 Å². The second kappa shape index (κ2) is 4.61. The number of nitrogen functional groups attached to an aromatic ring is 1. The number of aryl methyl sites for hydroxylation is 1. The molecule has 19 heavy (non-hydrogen) atoms. The first-order valence-electron chi connectivity index (χ1n) is 6.01. The van der Waals surface area contributed by atoms with E-state index >= 15 is 0 Å². The number of hydrogen-bond acceptors (Lipinski definition) is 4. The standard InChI is InChI=1S/C14H14N4O/c1-9-6-7-16-14-13(9)17-12(18-14)8-19-11-4-2-10(15)3-5-11/h2-7H,8,15H2,1H3,(H,16,17,18). The van der Waals surface area contributed by atoms with E-state index in [9.17, 15) is 0 Å². The van der Waals surface area contributed by atoms with Gasteiger partial charge in [-0.2, -0.15) is 0 Å². The number of aromatic amines is 1. The van der Waals surface area contributed by atoms with Gasteiger partial charge in [-0.05, 0) is 42.8 Å². The first kappa shape index (κ1) is 11.5. The Kier molecular flexibility index (Phi) is 2.79. The second-order valence-corrected chi connectivity index (χ2v) is 4.37. The van der Waals surface area contributed by atoms with Crippen molar-refractivity contribution in [2.45, 2.75) is 13.5 Å². The number of aromatic nitrogens is 3. The van der Waals surface area contributed by atoms with Crippen LogP contribution in [0.15, 0.2) is 36.5 Å². The summed E-state index contributed by atoms with van der Waals surface area (Å²) in [5, 5.41) is 0. The Balaban J connectivity index is 1.78. The molecule has 0 atom stereocenters. The molecule has 3 rings (SSSR count). The number of fused-ring (bicyclic) bond motifs is 1. The molecular weight excluding hydrogens is 240 g/mol. The molecule has 2 heterocycles. The molecule has 0 bridgehead atoms. The molecule has 0 amide bonds.